The first kappa shape index (κ1) is 44.9. The Hall–Kier alpha value is -7.23. The normalized spacial score (nSPS) is 10.8. The molecular formula is C45H52N8O8. The van der Waals surface area contributed by atoms with Gasteiger partial charge in [-0.15, -0.1) is 0 Å². The number of amides is 3. The molecule has 0 fully saturated rings. The fraction of sp³-hybridized carbons (Fsp3) is 0.311. The number of oxazole rings is 2. The highest BCUT2D eigenvalue weighted by atomic mass is 16.6. The van der Waals surface area contributed by atoms with Crippen molar-refractivity contribution in [1.29, 1.82) is 0 Å². The van der Waals surface area contributed by atoms with E-state index < -0.39 is 18.3 Å². The molecule has 0 aliphatic heterocycles. The number of ether oxygens (including phenoxy) is 3. The summed E-state index contributed by atoms with van der Waals surface area (Å²) < 4.78 is 27.5. The summed E-state index contributed by atoms with van der Waals surface area (Å²) in [4.78, 5) is 55.0. The van der Waals surface area contributed by atoms with Gasteiger partial charge in [0.15, 0.2) is 11.5 Å². The van der Waals surface area contributed by atoms with E-state index >= 15 is 0 Å². The number of hydrogen-bond donors (Lipinski definition) is 3. The van der Waals surface area contributed by atoms with Gasteiger partial charge in [0.2, 0.25) is 0 Å². The lowest BCUT2D eigenvalue weighted by molar-refractivity contribution is 0.141. The third kappa shape index (κ3) is 13.7. The maximum Gasteiger partial charge on any atom is 0.422 e. The van der Waals surface area contributed by atoms with E-state index in [1.165, 1.54) is 11.1 Å². The van der Waals surface area contributed by atoms with Crippen molar-refractivity contribution in [2.75, 3.05) is 40.7 Å². The van der Waals surface area contributed by atoms with E-state index in [0.717, 1.165) is 27.9 Å². The number of benzene rings is 2. The van der Waals surface area contributed by atoms with Crippen molar-refractivity contribution >= 4 is 53.1 Å². The molecule has 0 radical (unpaired) electrons. The van der Waals surface area contributed by atoms with Gasteiger partial charge >= 0.3 is 24.3 Å². The first-order valence-corrected chi connectivity index (χ1v) is 19.8. The van der Waals surface area contributed by atoms with Gasteiger partial charge in [0.25, 0.3) is 6.01 Å². The zero-order chi connectivity index (χ0) is 43.9. The smallest absolute Gasteiger partial charge is 0.422 e. The lowest BCUT2D eigenvalue weighted by atomic mass is 10.1. The van der Waals surface area contributed by atoms with Crippen molar-refractivity contribution < 1.29 is 37.4 Å². The van der Waals surface area contributed by atoms with E-state index in [1.807, 2.05) is 91.8 Å². The molecule has 4 heterocycles. The highest BCUT2D eigenvalue weighted by molar-refractivity contribution is 5.96. The molecule has 2 aromatic carbocycles. The van der Waals surface area contributed by atoms with E-state index in [-0.39, 0.29) is 30.4 Å². The van der Waals surface area contributed by atoms with E-state index in [2.05, 4.69) is 35.9 Å². The number of pyridine rings is 2. The standard InChI is InChI=1S/C25H30N4O5.C20H22N4O3/c1-16(2)14-32-24(30)28-20-9-8-18(5)21(11-20)29(25(31)33-15-17(3)4)23-27-13-22(34-23)19-7-6-10-26-12-19;1-13(2)12-26-20(25)23-16-5-4-14(3)17(10-16)24-19-22-11-18(27-19)15-6-8-21-9-7-15/h6-13,16-17H,14-15H2,1-5H3,(H,28,30);4-11,13H,12H2,1-3H3,(H,22,24)(H,23,25). The highest BCUT2D eigenvalue weighted by Crippen LogP contribution is 2.34. The lowest BCUT2D eigenvalue weighted by Crippen LogP contribution is -2.29. The second-order valence-corrected chi connectivity index (χ2v) is 15.2. The monoisotopic (exact) mass is 832 g/mol. The van der Waals surface area contributed by atoms with Gasteiger partial charge in [0, 0.05) is 53.0 Å². The summed E-state index contributed by atoms with van der Waals surface area (Å²) in [5.41, 5.74) is 5.66. The third-order valence-corrected chi connectivity index (χ3v) is 8.34. The molecule has 6 rings (SSSR count). The summed E-state index contributed by atoms with van der Waals surface area (Å²) in [6.45, 7) is 16.5. The van der Waals surface area contributed by atoms with Crippen LogP contribution >= 0.6 is 0 Å². The number of rotatable bonds is 14. The van der Waals surface area contributed by atoms with Gasteiger partial charge in [0.05, 0.1) is 37.9 Å². The minimum atomic E-state index is -0.643. The molecule has 3 N–H and O–H groups in total. The number of carbonyl (C=O) groups is 3. The number of nitrogens with one attached hydrogen (secondary N) is 3. The van der Waals surface area contributed by atoms with Gasteiger partial charge in [-0.3, -0.25) is 20.6 Å². The van der Waals surface area contributed by atoms with Crippen molar-refractivity contribution in [3.05, 3.63) is 109 Å². The highest BCUT2D eigenvalue weighted by Gasteiger charge is 2.27. The first-order valence-electron chi connectivity index (χ1n) is 19.8. The van der Waals surface area contributed by atoms with Crippen LogP contribution in [0.2, 0.25) is 0 Å². The minimum absolute atomic E-state index is 0.0373. The molecule has 0 saturated carbocycles. The van der Waals surface area contributed by atoms with Crippen molar-refractivity contribution in [2.45, 2.75) is 55.4 Å². The summed E-state index contributed by atoms with van der Waals surface area (Å²) >= 11 is 0. The third-order valence-electron chi connectivity index (χ3n) is 8.34. The molecule has 0 spiro atoms. The predicted octanol–water partition coefficient (Wildman–Crippen LogP) is 11.2. The Morgan fingerprint density at radius 2 is 1.23 bits per heavy atom. The molecule has 0 bridgehead atoms. The summed E-state index contributed by atoms with van der Waals surface area (Å²) in [5, 5.41) is 8.56. The number of anilines is 6. The summed E-state index contributed by atoms with van der Waals surface area (Å²) in [7, 11) is 0. The number of aryl methyl sites for hydroxylation is 2. The van der Waals surface area contributed by atoms with Crippen LogP contribution in [-0.4, -0.2) is 58.0 Å². The van der Waals surface area contributed by atoms with Gasteiger partial charge in [-0.25, -0.2) is 24.4 Å². The van der Waals surface area contributed by atoms with E-state index in [9.17, 15) is 14.4 Å². The maximum atomic E-state index is 13.1. The Bertz CT molecular complexity index is 2350. The number of carbonyl (C=O) groups excluding carboxylic acids is 3. The van der Waals surface area contributed by atoms with Crippen LogP contribution in [0.15, 0.2) is 107 Å². The molecule has 16 nitrogen and oxygen atoms in total. The van der Waals surface area contributed by atoms with E-state index in [4.69, 9.17) is 23.0 Å². The zero-order valence-electron chi connectivity index (χ0n) is 35.6. The Kier molecular flexibility index (Phi) is 15.9. The van der Waals surface area contributed by atoms with E-state index in [0.29, 0.717) is 47.8 Å². The molecule has 6 aromatic rings. The fourth-order valence-electron chi connectivity index (χ4n) is 5.24. The molecule has 0 unspecified atom stereocenters. The molecule has 4 aromatic heterocycles. The van der Waals surface area contributed by atoms with Crippen molar-refractivity contribution in [1.82, 2.24) is 19.9 Å². The van der Waals surface area contributed by atoms with Crippen LogP contribution in [0.4, 0.5) is 49.2 Å². The van der Waals surface area contributed by atoms with E-state index in [1.54, 1.807) is 55.2 Å². The molecule has 0 atom stereocenters. The van der Waals surface area contributed by atoms with Crippen LogP contribution in [0.5, 0.6) is 0 Å². The molecule has 0 aliphatic rings. The Morgan fingerprint density at radius 1 is 0.639 bits per heavy atom. The van der Waals surface area contributed by atoms with Crippen LogP contribution in [0.1, 0.15) is 52.7 Å². The molecular weight excluding hydrogens is 781 g/mol. The van der Waals surface area contributed by atoms with Crippen LogP contribution in [-0.2, 0) is 14.2 Å². The Balaban J connectivity index is 0.000000237. The van der Waals surface area contributed by atoms with Crippen molar-refractivity contribution in [3.8, 4) is 22.6 Å². The first-order chi connectivity index (χ1) is 29.2. The minimum Gasteiger partial charge on any atom is -0.449 e. The molecule has 320 valence electrons. The van der Waals surface area contributed by atoms with Gasteiger partial charge in [0.1, 0.15) is 0 Å². The molecule has 61 heavy (non-hydrogen) atoms. The Labute approximate surface area is 355 Å². The topological polar surface area (TPSA) is 196 Å². The quantitative estimate of drug-likeness (QED) is 0.0878. The Morgan fingerprint density at radius 3 is 1.85 bits per heavy atom. The van der Waals surface area contributed by atoms with Gasteiger partial charge in [-0.05, 0) is 91.3 Å². The lowest BCUT2D eigenvalue weighted by Gasteiger charge is -2.22. The maximum absolute atomic E-state index is 13.1. The fourth-order valence-corrected chi connectivity index (χ4v) is 5.24. The zero-order valence-corrected chi connectivity index (χ0v) is 35.6. The molecule has 0 aliphatic carbocycles. The molecule has 16 heteroatoms. The van der Waals surface area contributed by atoms with Gasteiger partial charge in [-0.1, -0.05) is 53.7 Å². The number of hydrogen-bond acceptors (Lipinski definition) is 13. The SMILES string of the molecule is Cc1ccc(NC(=O)OCC(C)C)cc1N(C(=O)OCC(C)C)c1ncc(-c2cccnc2)o1.Cc1ccc(NC(=O)OCC(C)C)cc1Nc1ncc(-c2ccncc2)o1. The largest absolute Gasteiger partial charge is 0.449 e. The van der Waals surface area contributed by atoms with Crippen LogP contribution in [0.25, 0.3) is 22.6 Å². The van der Waals surface area contributed by atoms with Crippen LogP contribution in [0.3, 0.4) is 0 Å². The second kappa shape index (κ2) is 21.7. The van der Waals surface area contributed by atoms with Crippen LogP contribution in [0, 0.1) is 31.6 Å². The number of aromatic nitrogens is 4. The van der Waals surface area contributed by atoms with Gasteiger partial charge < -0.3 is 28.4 Å². The summed E-state index contributed by atoms with van der Waals surface area (Å²) in [5.74, 6) is 1.74. The predicted molar refractivity (Wildman–Crippen MR) is 233 cm³/mol. The van der Waals surface area contributed by atoms with Gasteiger partial charge in [-0.2, -0.15) is 4.90 Å². The summed E-state index contributed by atoms with van der Waals surface area (Å²) in [6, 6.07) is 18.4. The van der Waals surface area contributed by atoms with Crippen molar-refractivity contribution in [3.63, 3.8) is 0 Å². The van der Waals surface area contributed by atoms with Crippen LogP contribution < -0.4 is 20.9 Å². The second-order valence-electron chi connectivity index (χ2n) is 15.2. The summed E-state index contributed by atoms with van der Waals surface area (Å²) in [6.07, 6.45) is 8.17. The average Bonchev–Trinajstić information content (AvgIpc) is 3.93. The molecule has 3 amide bonds. The average molecular weight is 833 g/mol. The van der Waals surface area contributed by atoms with Crippen molar-refractivity contribution in [2.24, 2.45) is 17.8 Å². The number of nitrogens with zero attached hydrogens (tertiary/aromatic N) is 5. The molecule has 0 saturated heterocycles.